The third-order valence-electron chi connectivity index (χ3n) is 2.23. The molecule has 0 atom stereocenters. The third-order valence-corrected chi connectivity index (χ3v) is 3.86. The zero-order valence-corrected chi connectivity index (χ0v) is 11.0. The van der Waals surface area contributed by atoms with Gasteiger partial charge in [0.05, 0.1) is 11.9 Å². The predicted octanol–water partition coefficient (Wildman–Crippen LogP) is 2.26. The van der Waals surface area contributed by atoms with Crippen LogP contribution in [0.5, 0.6) is 0 Å². The Morgan fingerprint density at radius 2 is 2.00 bits per heavy atom. The molecule has 0 aliphatic rings. The summed E-state index contributed by atoms with van der Waals surface area (Å²) in [5, 5.41) is 0.224. The Bertz CT molecular complexity index is 704. The van der Waals surface area contributed by atoms with Crippen LogP contribution in [0.4, 0.5) is 15.8 Å². The molecular weight excluding hydrogens is 293 g/mol. The smallest absolute Gasteiger partial charge is 0.264 e. The van der Waals surface area contributed by atoms with Crippen molar-refractivity contribution in [3.8, 4) is 0 Å². The Balaban J connectivity index is 2.35. The van der Waals surface area contributed by atoms with Gasteiger partial charge in [-0.2, -0.15) is 0 Å². The van der Waals surface area contributed by atoms with E-state index >= 15 is 0 Å². The van der Waals surface area contributed by atoms with Crippen LogP contribution in [0.2, 0.25) is 5.15 Å². The van der Waals surface area contributed by atoms with Gasteiger partial charge in [0.25, 0.3) is 10.0 Å². The van der Waals surface area contributed by atoms with Crippen molar-refractivity contribution in [3.63, 3.8) is 0 Å². The van der Waals surface area contributed by atoms with Crippen LogP contribution in [0, 0.1) is 5.82 Å². The van der Waals surface area contributed by atoms with Crippen molar-refractivity contribution in [1.82, 2.24) is 4.98 Å². The molecule has 1 heterocycles. The topological polar surface area (TPSA) is 85.1 Å². The number of nitrogens with two attached hydrogens (primary N) is 1. The highest BCUT2D eigenvalue weighted by Crippen LogP contribution is 2.20. The van der Waals surface area contributed by atoms with Crippen molar-refractivity contribution in [2.24, 2.45) is 0 Å². The molecule has 0 saturated heterocycles. The quantitative estimate of drug-likeness (QED) is 0.672. The molecule has 1 aromatic heterocycles. The fraction of sp³-hybridized carbons (Fsp3) is 0. The van der Waals surface area contributed by atoms with Gasteiger partial charge >= 0.3 is 0 Å². The number of nitrogen functional groups attached to an aromatic ring is 1. The summed E-state index contributed by atoms with van der Waals surface area (Å²) in [5.74, 6) is -0.922. The van der Waals surface area contributed by atoms with E-state index in [0.29, 0.717) is 0 Å². The summed E-state index contributed by atoms with van der Waals surface area (Å²) in [5.41, 5.74) is 5.68. The summed E-state index contributed by atoms with van der Waals surface area (Å²) >= 11 is 5.58. The van der Waals surface area contributed by atoms with Gasteiger partial charge in [-0.05, 0) is 30.3 Å². The first kappa shape index (κ1) is 13.6. The maximum atomic E-state index is 13.6. The number of halogens is 2. The van der Waals surface area contributed by atoms with Gasteiger partial charge in [0.15, 0.2) is 0 Å². The fourth-order valence-electron chi connectivity index (χ4n) is 1.38. The second-order valence-corrected chi connectivity index (χ2v) is 5.70. The standard InChI is InChI=1S/C11H9ClFN3O2S/c12-11-4-2-8(6-15-11)16-19(17,18)10-3-1-7(14)5-9(10)13/h1-6,16H,14H2. The first-order valence-electron chi connectivity index (χ1n) is 5.08. The molecule has 0 aliphatic carbocycles. The maximum Gasteiger partial charge on any atom is 0.264 e. The Labute approximate surface area is 114 Å². The average molecular weight is 302 g/mol. The molecule has 5 nitrogen and oxygen atoms in total. The second-order valence-electron chi connectivity index (χ2n) is 3.66. The molecule has 0 saturated carbocycles. The van der Waals surface area contributed by atoms with Crippen molar-refractivity contribution in [3.05, 3.63) is 47.5 Å². The SMILES string of the molecule is Nc1ccc(S(=O)(=O)Nc2ccc(Cl)nc2)c(F)c1. The molecule has 0 radical (unpaired) electrons. The summed E-state index contributed by atoms with van der Waals surface area (Å²) in [4.78, 5) is 3.23. The van der Waals surface area contributed by atoms with E-state index in [1.807, 2.05) is 0 Å². The van der Waals surface area contributed by atoms with Crippen molar-refractivity contribution >= 4 is 33.0 Å². The number of nitrogens with zero attached hydrogens (tertiary/aromatic N) is 1. The molecule has 0 unspecified atom stereocenters. The van der Waals surface area contributed by atoms with E-state index in [9.17, 15) is 12.8 Å². The molecule has 1 aromatic carbocycles. The minimum atomic E-state index is -4.04. The molecule has 19 heavy (non-hydrogen) atoms. The van der Waals surface area contributed by atoms with E-state index in [4.69, 9.17) is 17.3 Å². The monoisotopic (exact) mass is 301 g/mol. The number of rotatable bonds is 3. The number of aromatic nitrogens is 1. The van der Waals surface area contributed by atoms with Crippen LogP contribution in [-0.2, 0) is 10.0 Å². The Morgan fingerprint density at radius 1 is 1.26 bits per heavy atom. The minimum Gasteiger partial charge on any atom is -0.399 e. The lowest BCUT2D eigenvalue weighted by Crippen LogP contribution is -2.14. The van der Waals surface area contributed by atoms with Gasteiger partial charge < -0.3 is 5.73 Å². The largest absolute Gasteiger partial charge is 0.399 e. The highest BCUT2D eigenvalue weighted by Gasteiger charge is 2.19. The highest BCUT2D eigenvalue weighted by atomic mass is 35.5. The third kappa shape index (κ3) is 3.12. The van der Waals surface area contributed by atoms with E-state index in [1.54, 1.807) is 0 Å². The lowest BCUT2D eigenvalue weighted by Gasteiger charge is -2.08. The van der Waals surface area contributed by atoms with E-state index in [0.717, 1.165) is 12.1 Å². The number of anilines is 2. The average Bonchev–Trinajstić information content (AvgIpc) is 2.31. The Kier molecular flexibility index (Phi) is 3.59. The molecule has 0 fully saturated rings. The van der Waals surface area contributed by atoms with Crippen LogP contribution < -0.4 is 10.5 Å². The van der Waals surface area contributed by atoms with Crippen LogP contribution >= 0.6 is 11.6 Å². The lowest BCUT2D eigenvalue weighted by atomic mass is 10.3. The van der Waals surface area contributed by atoms with Crippen LogP contribution in [0.1, 0.15) is 0 Å². The van der Waals surface area contributed by atoms with E-state index in [2.05, 4.69) is 9.71 Å². The van der Waals surface area contributed by atoms with E-state index in [-0.39, 0.29) is 16.5 Å². The van der Waals surface area contributed by atoms with E-state index < -0.39 is 20.7 Å². The molecule has 0 amide bonds. The summed E-state index contributed by atoms with van der Waals surface area (Å²) in [6.45, 7) is 0. The lowest BCUT2D eigenvalue weighted by molar-refractivity contribution is 0.571. The van der Waals surface area contributed by atoms with Gasteiger partial charge in [-0.1, -0.05) is 11.6 Å². The normalized spacial score (nSPS) is 11.3. The molecular formula is C11H9ClFN3O2S. The zero-order valence-electron chi connectivity index (χ0n) is 9.47. The first-order valence-corrected chi connectivity index (χ1v) is 6.94. The van der Waals surface area contributed by atoms with Crippen molar-refractivity contribution < 1.29 is 12.8 Å². The van der Waals surface area contributed by atoms with Gasteiger partial charge in [0.2, 0.25) is 0 Å². The van der Waals surface area contributed by atoms with Gasteiger partial charge in [-0.25, -0.2) is 17.8 Å². The fourth-order valence-corrected chi connectivity index (χ4v) is 2.60. The van der Waals surface area contributed by atoms with Crippen LogP contribution in [0.15, 0.2) is 41.4 Å². The van der Waals surface area contributed by atoms with Gasteiger partial charge in [0, 0.05) is 5.69 Å². The summed E-state index contributed by atoms with van der Waals surface area (Å²) in [7, 11) is -4.04. The molecule has 2 rings (SSSR count). The van der Waals surface area contributed by atoms with Gasteiger partial charge in [-0.15, -0.1) is 0 Å². The number of hydrogen-bond donors (Lipinski definition) is 2. The van der Waals surface area contributed by atoms with Crippen molar-refractivity contribution in [1.29, 1.82) is 0 Å². The van der Waals surface area contributed by atoms with Crippen LogP contribution in [0.25, 0.3) is 0 Å². The van der Waals surface area contributed by atoms with Crippen molar-refractivity contribution in [2.45, 2.75) is 4.90 Å². The zero-order chi connectivity index (χ0) is 14.0. The number of hydrogen-bond acceptors (Lipinski definition) is 4. The van der Waals surface area contributed by atoms with Crippen LogP contribution in [-0.4, -0.2) is 13.4 Å². The second kappa shape index (κ2) is 5.02. The summed E-state index contributed by atoms with van der Waals surface area (Å²) in [6, 6.07) is 6.17. The number of sulfonamides is 1. The molecule has 2 aromatic rings. The number of nitrogens with one attached hydrogen (secondary N) is 1. The first-order chi connectivity index (χ1) is 8.88. The Morgan fingerprint density at radius 3 is 2.58 bits per heavy atom. The molecule has 0 bridgehead atoms. The van der Waals surface area contributed by atoms with Gasteiger partial charge in [-0.3, -0.25) is 4.72 Å². The highest BCUT2D eigenvalue weighted by molar-refractivity contribution is 7.92. The van der Waals surface area contributed by atoms with Crippen molar-refractivity contribution in [2.75, 3.05) is 10.5 Å². The molecule has 8 heteroatoms. The molecule has 0 spiro atoms. The maximum absolute atomic E-state index is 13.6. The molecule has 3 N–H and O–H groups in total. The number of pyridine rings is 1. The Hall–Kier alpha value is -1.86. The molecule has 100 valence electrons. The minimum absolute atomic E-state index is 0.143. The van der Waals surface area contributed by atoms with Crippen LogP contribution in [0.3, 0.4) is 0 Å². The summed E-state index contributed by atoms with van der Waals surface area (Å²) < 4.78 is 39.7. The summed E-state index contributed by atoms with van der Waals surface area (Å²) in [6.07, 6.45) is 1.23. The number of benzene rings is 1. The van der Waals surface area contributed by atoms with E-state index in [1.165, 1.54) is 24.4 Å². The molecule has 0 aliphatic heterocycles. The van der Waals surface area contributed by atoms with Gasteiger partial charge in [0.1, 0.15) is 15.9 Å². The predicted molar refractivity (Wildman–Crippen MR) is 70.9 cm³/mol.